The van der Waals surface area contributed by atoms with Gasteiger partial charge in [-0.2, -0.15) is 0 Å². The molecule has 0 saturated carbocycles. The molecule has 2 N–H and O–H groups in total. The van der Waals surface area contributed by atoms with Gasteiger partial charge in [-0.3, -0.25) is 10.1 Å². The summed E-state index contributed by atoms with van der Waals surface area (Å²) in [6, 6.07) is 6.41. The van der Waals surface area contributed by atoms with Gasteiger partial charge in [-0.1, -0.05) is 13.8 Å². The summed E-state index contributed by atoms with van der Waals surface area (Å²) >= 11 is 0. The van der Waals surface area contributed by atoms with Crippen LogP contribution in [-0.2, 0) is 0 Å². The first-order valence-corrected chi connectivity index (χ1v) is 6.24. The first-order chi connectivity index (χ1) is 8.58. The van der Waals surface area contributed by atoms with E-state index in [4.69, 9.17) is 0 Å². The van der Waals surface area contributed by atoms with Gasteiger partial charge in [0.2, 0.25) is 0 Å². The lowest BCUT2D eigenvalue weighted by molar-refractivity contribution is -0.384. The summed E-state index contributed by atoms with van der Waals surface area (Å²) in [5, 5.41) is 23.7. The van der Waals surface area contributed by atoms with Crippen molar-refractivity contribution in [1.82, 2.24) is 5.32 Å². The Morgan fingerprint density at radius 3 is 2.28 bits per heavy atom. The summed E-state index contributed by atoms with van der Waals surface area (Å²) in [6.45, 7) is 4.66. The highest BCUT2D eigenvalue weighted by atomic mass is 16.6. The smallest absolute Gasteiger partial charge is 0.269 e. The van der Waals surface area contributed by atoms with Gasteiger partial charge in [0.05, 0.1) is 11.0 Å². The van der Waals surface area contributed by atoms with Gasteiger partial charge in [-0.25, -0.2) is 0 Å². The van der Waals surface area contributed by atoms with E-state index in [1.54, 1.807) is 12.1 Å². The number of rotatable bonds is 7. The quantitative estimate of drug-likeness (QED) is 0.577. The Labute approximate surface area is 107 Å². The Bertz CT molecular complexity index is 374. The first-order valence-electron chi connectivity index (χ1n) is 6.24. The molecule has 0 aromatic heterocycles. The Morgan fingerprint density at radius 2 is 1.83 bits per heavy atom. The zero-order valence-electron chi connectivity index (χ0n) is 10.8. The van der Waals surface area contributed by atoms with Crippen molar-refractivity contribution in [1.29, 1.82) is 0 Å². The van der Waals surface area contributed by atoms with Gasteiger partial charge in [0.25, 0.3) is 5.69 Å². The van der Waals surface area contributed by atoms with Gasteiger partial charge in [0.15, 0.2) is 0 Å². The van der Waals surface area contributed by atoms with Crippen LogP contribution in [0.3, 0.4) is 0 Å². The minimum absolute atomic E-state index is 0.0407. The number of non-ortho nitro benzene ring substituents is 1. The summed E-state index contributed by atoms with van der Waals surface area (Å²) in [6.07, 6.45) is 1.40. The summed E-state index contributed by atoms with van der Waals surface area (Å²) < 4.78 is 0. The summed E-state index contributed by atoms with van der Waals surface area (Å²) in [5.74, 6) is 0. The fourth-order valence-electron chi connectivity index (χ4n) is 1.79. The molecule has 18 heavy (non-hydrogen) atoms. The third kappa shape index (κ3) is 4.09. The monoisotopic (exact) mass is 252 g/mol. The molecule has 1 unspecified atom stereocenters. The minimum Gasteiger partial charge on any atom is -0.387 e. The van der Waals surface area contributed by atoms with E-state index >= 15 is 0 Å². The number of aliphatic hydroxyl groups excluding tert-OH is 1. The number of nitrogens with one attached hydrogen (secondary N) is 1. The minimum atomic E-state index is -0.633. The van der Waals surface area contributed by atoms with Gasteiger partial charge in [-0.15, -0.1) is 0 Å². The second kappa shape index (κ2) is 7.08. The molecule has 0 aliphatic rings. The molecule has 0 spiro atoms. The summed E-state index contributed by atoms with van der Waals surface area (Å²) in [4.78, 5) is 10.1. The van der Waals surface area contributed by atoms with Crippen LogP contribution in [-0.4, -0.2) is 22.6 Å². The van der Waals surface area contributed by atoms with Crippen molar-refractivity contribution in [3.8, 4) is 0 Å². The van der Waals surface area contributed by atoms with Crippen LogP contribution >= 0.6 is 0 Å². The maximum atomic E-state index is 10.5. The predicted molar refractivity (Wildman–Crippen MR) is 70.4 cm³/mol. The van der Waals surface area contributed by atoms with Crippen LogP contribution in [0.4, 0.5) is 5.69 Å². The fraction of sp³-hybridized carbons (Fsp3) is 0.538. The van der Waals surface area contributed by atoms with Crippen molar-refractivity contribution in [2.45, 2.75) is 38.8 Å². The Balaban J connectivity index is 2.56. The number of aliphatic hydroxyl groups is 1. The van der Waals surface area contributed by atoms with Gasteiger partial charge < -0.3 is 10.4 Å². The molecular weight excluding hydrogens is 232 g/mol. The molecular formula is C13H20N2O3. The molecule has 1 rings (SSSR count). The third-order valence-electron chi connectivity index (χ3n) is 3.07. The van der Waals surface area contributed by atoms with Gasteiger partial charge in [-0.05, 0) is 30.5 Å². The molecule has 1 atom stereocenters. The van der Waals surface area contributed by atoms with E-state index in [1.165, 1.54) is 12.1 Å². The van der Waals surface area contributed by atoms with Crippen LogP contribution in [0.15, 0.2) is 24.3 Å². The van der Waals surface area contributed by atoms with Crippen LogP contribution in [0.25, 0.3) is 0 Å². The van der Waals surface area contributed by atoms with Crippen LogP contribution in [0.1, 0.15) is 38.4 Å². The van der Waals surface area contributed by atoms with E-state index in [9.17, 15) is 15.2 Å². The summed E-state index contributed by atoms with van der Waals surface area (Å²) in [5.41, 5.74) is 0.734. The van der Waals surface area contributed by atoms with Crippen LogP contribution in [0.2, 0.25) is 0 Å². The Hall–Kier alpha value is -1.46. The van der Waals surface area contributed by atoms with E-state index in [1.807, 2.05) is 0 Å². The molecule has 0 fully saturated rings. The molecule has 0 saturated heterocycles. The standard InChI is InChI=1S/C13H20N2O3/c1-3-11(4-2)14-9-13(16)10-5-7-12(8-6-10)15(17)18/h5-8,11,13-14,16H,3-4,9H2,1-2H3. The van der Waals surface area contributed by atoms with E-state index in [-0.39, 0.29) is 5.69 Å². The van der Waals surface area contributed by atoms with E-state index in [0.717, 1.165) is 12.8 Å². The highest BCUT2D eigenvalue weighted by molar-refractivity contribution is 5.33. The molecule has 0 amide bonds. The number of hydrogen-bond donors (Lipinski definition) is 2. The zero-order valence-corrected chi connectivity index (χ0v) is 10.8. The van der Waals surface area contributed by atoms with E-state index < -0.39 is 11.0 Å². The number of nitro benzene ring substituents is 1. The number of nitrogens with zero attached hydrogens (tertiary/aromatic N) is 1. The normalized spacial score (nSPS) is 12.7. The maximum Gasteiger partial charge on any atom is 0.269 e. The number of hydrogen-bond acceptors (Lipinski definition) is 4. The SMILES string of the molecule is CCC(CC)NCC(O)c1ccc([N+](=O)[O-])cc1. The first kappa shape index (κ1) is 14.6. The molecule has 0 bridgehead atoms. The fourth-order valence-corrected chi connectivity index (χ4v) is 1.79. The van der Waals surface area contributed by atoms with Gasteiger partial charge in [0.1, 0.15) is 0 Å². The largest absolute Gasteiger partial charge is 0.387 e. The third-order valence-corrected chi connectivity index (χ3v) is 3.07. The highest BCUT2D eigenvalue weighted by Crippen LogP contribution is 2.17. The zero-order chi connectivity index (χ0) is 13.5. The molecule has 5 nitrogen and oxygen atoms in total. The lowest BCUT2D eigenvalue weighted by Gasteiger charge is -2.18. The second-order valence-corrected chi connectivity index (χ2v) is 4.29. The number of benzene rings is 1. The summed E-state index contributed by atoms with van der Waals surface area (Å²) in [7, 11) is 0. The highest BCUT2D eigenvalue weighted by Gasteiger charge is 2.11. The molecule has 5 heteroatoms. The Morgan fingerprint density at radius 1 is 1.28 bits per heavy atom. The van der Waals surface area contributed by atoms with Crippen molar-refractivity contribution in [3.05, 3.63) is 39.9 Å². The van der Waals surface area contributed by atoms with Crippen molar-refractivity contribution in [3.63, 3.8) is 0 Å². The molecule has 1 aromatic carbocycles. The van der Waals surface area contributed by atoms with Gasteiger partial charge >= 0.3 is 0 Å². The molecule has 0 aliphatic heterocycles. The van der Waals surface area contributed by atoms with Crippen LogP contribution in [0.5, 0.6) is 0 Å². The number of nitro groups is 1. The lowest BCUT2D eigenvalue weighted by atomic mass is 10.1. The van der Waals surface area contributed by atoms with E-state index in [2.05, 4.69) is 19.2 Å². The van der Waals surface area contributed by atoms with Crippen molar-refractivity contribution >= 4 is 5.69 Å². The lowest BCUT2D eigenvalue weighted by Crippen LogP contribution is -2.31. The maximum absolute atomic E-state index is 10.5. The van der Waals surface area contributed by atoms with Crippen molar-refractivity contribution < 1.29 is 10.0 Å². The predicted octanol–water partition coefficient (Wildman–Crippen LogP) is 2.41. The van der Waals surface area contributed by atoms with Gasteiger partial charge in [0, 0.05) is 24.7 Å². The topological polar surface area (TPSA) is 75.4 Å². The van der Waals surface area contributed by atoms with E-state index in [0.29, 0.717) is 18.2 Å². The molecule has 0 heterocycles. The second-order valence-electron chi connectivity index (χ2n) is 4.29. The van der Waals surface area contributed by atoms with Crippen LogP contribution in [0, 0.1) is 10.1 Å². The molecule has 100 valence electrons. The van der Waals surface area contributed by atoms with Crippen molar-refractivity contribution in [2.75, 3.05) is 6.54 Å². The average Bonchev–Trinajstić information content (AvgIpc) is 2.39. The average molecular weight is 252 g/mol. The Kier molecular flexibility index (Phi) is 5.74. The molecule has 0 aliphatic carbocycles. The molecule has 0 radical (unpaired) electrons. The van der Waals surface area contributed by atoms with Crippen LogP contribution < -0.4 is 5.32 Å². The van der Waals surface area contributed by atoms with Crippen molar-refractivity contribution in [2.24, 2.45) is 0 Å². The molecule has 1 aromatic rings.